The van der Waals surface area contributed by atoms with Crippen LogP contribution < -0.4 is 20.7 Å². The first-order valence-electron chi connectivity index (χ1n) is 12.5. The molecule has 2 fully saturated rings. The zero-order valence-corrected chi connectivity index (χ0v) is 20.9. The molecule has 37 heavy (non-hydrogen) atoms. The fraction of sp³-hybridized carbons (Fsp3) is 0.462. The molecule has 0 spiro atoms. The highest BCUT2D eigenvalue weighted by molar-refractivity contribution is 6.01. The Morgan fingerprint density at radius 3 is 2.76 bits per heavy atom. The largest absolute Gasteiger partial charge is 0.480 e. The Balaban J connectivity index is 1.56. The van der Waals surface area contributed by atoms with Gasteiger partial charge in [-0.2, -0.15) is 18.3 Å². The van der Waals surface area contributed by atoms with Crippen molar-refractivity contribution in [2.75, 3.05) is 43.9 Å². The molecule has 0 bridgehead atoms. The van der Waals surface area contributed by atoms with Crippen molar-refractivity contribution < 1.29 is 22.7 Å². The number of benzene rings is 2. The number of carbonyl (C=O) groups excluding carboxylic acids is 1. The fourth-order valence-electron chi connectivity index (χ4n) is 5.34. The maximum atomic E-state index is 13.3. The summed E-state index contributed by atoms with van der Waals surface area (Å²) in [5, 5.41) is 9.77. The number of alkyl halides is 3. The minimum atomic E-state index is -4.54. The highest BCUT2D eigenvalue weighted by Gasteiger charge is 2.38. The standard InChI is InChI=1S/C26H31F3N6O2/c1-15(26(27,28)29)37-22-13-17(11-20-23(22)24(30)33-32-20)16-6-7-19(25(36)31-2)21(12-16)35-10-9-34-8-4-3-5-18(34)14-35/h6-7,11-13,15,18H,3-5,8-10,14H2,1-2H3,(H,31,36)(H3,30,32,33)/t15-,18?/m1/s1. The zero-order chi connectivity index (χ0) is 26.3. The van der Waals surface area contributed by atoms with Crippen molar-refractivity contribution in [3.05, 3.63) is 35.9 Å². The molecule has 8 nitrogen and oxygen atoms in total. The van der Waals surface area contributed by atoms with E-state index in [0.29, 0.717) is 28.1 Å². The number of rotatable bonds is 5. The van der Waals surface area contributed by atoms with Crippen molar-refractivity contribution in [2.24, 2.45) is 0 Å². The molecular weight excluding hydrogens is 485 g/mol. The average molecular weight is 517 g/mol. The van der Waals surface area contributed by atoms with Crippen molar-refractivity contribution in [3.8, 4) is 16.9 Å². The number of nitrogen functional groups attached to an aromatic ring is 1. The van der Waals surface area contributed by atoms with Crippen LogP contribution >= 0.6 is 0 Å². The lowest BCUT2D eigenvalue weighted by molar-refractivity contribution is -0.188. The number of H-pyrrole nitrogens is 1. The van der Waals surface area contributed by atoms with Crippen molar-refractivity contribution in [2.45, 2.75) is 44.5 Å². The minimum Gasteiger partial charge on any atom is -0.480 e. The van der Waals surface area contributed by atoms with E-state index >= 15 is 0 Å². The molecule has 0 radical (unpaired) electrons. The van der Waals surface area contributed by atoms with E-state index in [2.05, 4.69) is 25.3 Å². The van der Waals surface area contributed by atoms with Gasteiger partial charge < -0.3 is 20.7 Å². The number of carbonyl (C=O) groups is 1. The lowest BCUT2D eigenvalue weighted by atomic mass is 9.96. The van der Waals surface area contributed by atoms with Gasteiger partial charge in [-0.1, -0.05) is 12.5 Å². The minimum absolute atomic E-state index is 0.00340. The monoisotopic (exact) mass is 516 g/mol. The molecule has 4 N–H and O–H groups in total. The Kier molecular flexibility index (Phi) is 6.65. The van der Waals surface area contributed by atoms with Crippen LogP contribution in [-0.2, 0) is 0 Å². The van der Waals surface area contributed by atoms with Crippen molar-refractivity contribution in [3.63, 3.8) is 0 Å². The molecule has 2 aliphatic heterocycles. The second kappa shape index (κ2) is 9.77. The van der Waals surface area contributed by atoms with E-state index in [1.165, 1.54) is 12.8 Å². The molecule has 11 heteroatoms. The van der Waals surface area contributed by atoms with E-state index in [1.54, 1.807) is 31.3 Å². The number of nitrogens with one attached hydrogen (secondary N) is 2. The van der Waals surface area contributed by atoms with Crippen molar-refractivity contribution >= 4 is 28.3 Å². The number of anilines is 2. The number of amides is 1. The quantitative estimate of drug-likeness (QED) is 0.471. The molecule has 1 aromatic heterocycles. The molecule has 2 aromatic carbocycles. The van der Waals surface area contributed by atoms with Crippen LogP contribution in [0, 0.1) is 0 Å². The lowest BCUT2D eigenvalue weighted by Gasteiger charge is -2.45. The van der Waals surface area contributed by atoms with Gasteiger partial charge >= 0.3 is 6.18 Å². The summed E-state index contributed by atoms with van der Waals surface area (Å²) in [5.41, 5.74) is 9.13. The van der Waals surface area contributed by atoms with Crippen LogP contribution in [0.15, 0.2) is 30.3 Å². The van der Waals surface area contributed by atoms with E-state index in [4.69, 9.17) is 10.5 Å². The first-order chi connectivity index (χ1) is 17.7. The van der Waals surface area contributed by atoms with E-state index in [9.17, 15) is 18.0 Å². The Labute approximate surface area is 212 Å². The molecule has 198 valence electrons. The summed E-state index contributed by atoms with van der Waals surface area (Å²) in [6, 6.07) is 9.26. The zero-order valence-electron chi connectivity index (χ0n) is 20.9. The molecule has 2 aliphatic rings. The molecule has 0 aliphatic carbocycles. The van der Waals surface area contributed by atoms with Crippen molar-refractivity contribution in [1.29, 1.82) is 0 Å². The number of fused-ring (bicyclic) bond motifs is 2. The highest BCUT2D eigenvalue weighted by Crippen LogP contribution is 2.39. The molecular formula is C26H31F3N6O2. The molecule has 1 unspecified atom stereocenters. The summed E-state index contributed by atoms with van der Waals surface area (Å²) in [6.07, 6.45) is -3.03. The van der Waals surface area contributed by atoms with Crippen LogP contribution in [-0.4, -0.2) is 72.6 Å². The number of piperazine rings is 1. The maximum Gasteiger partial charge on any atom is 0.425 e. The van der Waals surface area contributed by atoms with Gasteiger partial charge in [-0.15, -0.1) is 0 Å². The predicted octanol–water partition coefficient (Wildman–Crippen LogP) is 4.18. The second-order valence-electron chi connectivity index (χ2n) is 9.75. The summed E-state index contributed by atoms with van der Waals surface area (Å²) < 4.78 is 45.2. The van der Waals surface area contributed by atoms with Gasteiger partial charge in [0.25, 0.3) is 5.91 Å². The van der Waals surface area contributed by atoms with E-state index < -0.39 is 12.3 Å². The second-order valence-corrected chi connectivity index (χ2v) is 9.75. The SMILES string of the molecule is CNC(=O)c1ccc(-c2cc(O[C@H](C)C(F)(F)F)c3c(N)n[nH]c3c2)cc1N1CCN2CCCCC2C1. The molecule has 3 aromatic rings. The van der Waals surface area contributed by atoms with Crippen LogP contribution in [0.3, 0.4) is 0 Å². The smallest absolute Gasteiger partial charge is 0.425 e. The summed E-state index contributed by atoms with van der Waals surface area (Å²) in [5.74, 6) is -0.129. The lowest BCUT2D eigenvalue weighted by Crippen LogP contribution is -2.55. The number of nitrogens with zero attached hydrogens (tertiary/aromatic N) is 3. The summed E-state index contributed by atoms with van der Waals surface area (Å²) in [7, 11) is 1.60. The van der Waals surface area contributed by atoms with Crippen LogP contribution in [0.4, 0.5) is 24.7 Å². The first kappa shape index (κ1) is 25.2. The maximum absolute atomic E-state index is 13.3. The number of aromatic nitrogens is 2. The third kappa shape index (κ3) is 4.92. The molecule has 2 saturated heterocycles. The molecule has 0 saturated carbocycles. The predicted molar refractivity (Wildman–Crippen MR) is 137 cm³/mol. The fourth-order valence-corrected chi connectivity index (χ4v) is 5.34. The van der Waals surface area contributed by atoms with E-state index in [-0.39, 0.29) is 17.5 Å². The van der Waals surface area contributed by atoms with Gasteiger partial charge in [-0.05, 0) is 61.7 Å². The van der Waals surface area contributed by atoms with Gasteiger partial charge in [0.1, 0.15) is 5.75 Å². The number of piperidine rings is 1. The summed E-state index contributed by atoms with van der Waals surface area (Å²) in [6.45, 7) is 4.59. The molecule has 3 heterocycles. The van der Waals surface area contributed by atoms with Crippen LogP contribution in [0.5, 0.6) is 5.75 Å². The Morgan fingerprint density at radius 2 is 2.00 bits per heavy atom. The average Bonchev–Trinajstić information content (AvgIpc) is 3.27. The topological polar surface area (TPSA) is 99.5 Å². The van der Waals surface area contributed by atoms with Crippen LogP contribution in [0.2, 0.25) is 0 Å². The van der Waals surface area contributed by atoms with Gasteiger partial charge in [0.2, 0.25) is 0 Å². The highest BCUT2D eigenvalue weighted by atomic mass is 19.4. The number of aromatic amines is 1. The van der Waals surface area contributed by atoms with Crippen molar-refractivity contribution in [1.82, 2.24) is 20.4 Å². The Bertz CT molecular complexity index is 1310. The number of hydrogen-bond acceptors (Lipinski definition) is 6. The third-order valence-electron chi connectivity index (χ3n) is 7.40. The summed E-state index contributed by atoms with van der Waals surface area (Å²) >= 11 is 0. The van der Waals surface area contributed by atoms with Crippen LogP contribution in [0.25, 0.3) is 22.0 Å². The van der Waals surface area contributed by atoms with Crippen LogP contribution in [0.1, 0.15) is 36.5 Å². The molecule has 1 amide bonds. The normalized spacial score (nSPS) is 19.5. The Hall–Kier alpha value is -3.47. The van der Waals surface area contributed by atoms with Gasteiger partial charge in [0, 0.05) is 32.7 Å². The number of nitrogens with two attached hydrogens (primary N) is 1. The number of hydrogen-bond donors (Lipinski definition) is 3. The molecule has 2 atom stereocenters. The van der Waals surface area contributed by atoms with Gasteiger partial charge in [-0.25, -0.2) is 0 Å². The number of halogens is 3. The van der Waals surface area contributed by atoms with Gasteiger partial charge in [0.15, 0.2) is 11.9 Å². The Morgan fingerprint density at radius 1 is 1.19 bits per heavy atom. The summed E-state index contributed by atoms with van der Waals surface area (Å²) in [4.78, 5) is 17.5. The molecule has 5 rings (SSSR count). The number of ether oxygens (including phenoxy) is 1. The van der Waals surface area contributed by atoms with E-state index in [0.717, 1.165) is 50.8 Å². The van der Waals surface area contributed by atoms with Gasteiger partial charge in [0.05, 0.1) is 22.2 Å². The van der Waals surface area contributed by atoms with E-state index in [1.807, 2.05) is 6.07 Å². The van der Waals surface area contributed by atoms with Gasteiger partial charge in [-0.3, -0.25) is 14.8 Å². The first-order valence-corrected chi connectivity index (χ1v) is 12.5. The third-order valence-corrected chi connectivity index (χ3v) is 7.40.